The number of aromatic nitrogens is 2. The molecule has 1 aromatic carbocycles. The zero-order valence-corrected chi connectivity index (χ0v) is 12.7. The molecule has 0 fully saturated rings. The lowest BCUT2D eigenvalue weighted by molar-refractivity contribution is -0.141. The summed E-state index contributed by atoms with van der Waals surface area (Å²) >= 11 is 1.30. The molecule has 0 amide bonds. The minimum atomic E-state index is -4.54. The van der Waals surface area contributed by atoms with Gasteiger partial charge in [-0.3, -0.25) is 9.48 Å². The van der Waals surface area contributed by atoms with Gasteiger partial charge in [-0.25, -0.2) is 0 Å². The van der Waals surface area contributed by atoms with Crippen molar-refractivity contribution in [1.29, 1.82) is 0 Å². The number of carbonyl (C=O) groups is 1. The predicted octanol–water partition coefficient (Wildman–Crippen LogP) is 4.29. The van der Waals surface area contributed by atoms with E-state index in [0.717, 1.165) is 15.6 Å². The molecule has 0 atom stereocenters. The lowest BCUT2D eigenvalue weighted by atomic mass is 10.2. The van der Waals surface area contributed by atoms with Crippen LogP contribution in [0.25, 0.3) is 0 Å². The molecule has 118 valence electrons. The molecule has 0 N–H and O–H groups in total. The van der Waals surface area contributed by atoms with E-state index in [4.69, 9.17) is 0 Å². The van der Waals surface area contributed by atoms with E-state index in [-0.39, 0.29) is 23.8 Å². The molecule has 0 spiro atoms. The normalized spacial score (nSPS) is 11.6. The van der Waals surface area contributed by atoms with Crippen LogP contribution in [0.2, 0.25) is 0 Å². The van der Waals surface area contributed by atoms with Gasteiger partial charge in [0.2, 0.25) is 0 Å². The number of aryl methyl sites for hydroxylation is 1. The van der Waals surface area contributed by atoms with E-state index in [1.807, 2.05) is 37.3 Å². The monoisotopic (exact) mass is 328 g/mol. The molecule has 22 heavy (non-hydrogen) atoms. The topological polar surface area (TPSA) is 34.9 Å². The van der Waals surface area contributed by atoms with Crippen LogP contribution < -0.4 is 0 Å². The van der Waals surface area contributed by atoms with Crippen molar-refractivity contribution in [2.75, 3.05) is 5.75 Å². The third-order valence-corrected chi connectivity index (χ3v) is 3.92. The Morgan fingerprint density at radius 2 is 1.95 bits per heavy atom. The number of nitrogens with zero attached hydrogens (tertiary/aromatic N) is 2. The lowest BCUT2D eigenvalue weighted by Crippen LogP contribution is -2.12. The van der Waals surface area contributed by atoms with Crippen LogP contribution in [0.1, 0.15) is 29.5 Å². The second-order valence-electron chi connectivity index (χ2n) is 4.66. The van der Waals surface area contributed by atoms with Gasteiger partial charge < -0.3 is 0 Å². The van der Waals surface area contributed by atoms with Crippen molar-refractivity contribution < 1.29 is 18.0 Å². The first-order chi connectivity index (χ1) is 10.4. The fraction of sp³-hybridized carbons (Fsp3) is 0.333. The van der Waals surface area contributed by atoms with Crippen molar-refractivity contribution in [2.24, 2.45) is 0 Å². The van der Waals surface area contributed by atoms with E-state index < -0.39 is 11.9 Å². The van der Waals surface area contributed by atoms with Crippen molar-refractivity contribution in [2.45, 2.75) is 31.0 Å². The Labute approximate surface area is 130 Å². The number of carbonyl (C=O) groups excluding carboxylic acids is 1. The second-order valence-corrected chi connectivity index (χ2v) is 5.71. The molecule has 0 saturated carbocycles. The highest BCUT2D eigenvalue weighted by molar-refractivity contribution is 8.00. The van der Waals surface area contributed by atoms with Crippen molar-refractivity contribution in [3.05, 3.63) is 47.8 Å². The van der Waals surface area contributed by atoms with Crippen molar-refractivity contribution in [3.8, 4) is 0 Å². The first kappa shape index (κ1) is 16.6. The number of benzene rings is 1. The van der Waals surface area contributed by atoms with E-state index in [1.165, 1.54) is 11.8 Å². The summed E-state index contributed by atoms with van der Waals surface area (Å²) in [4.78, 5) is 13.1. The molecule has 0 aliphatic carbocycles. The molecule has 3 nitrogen and oxygen atoms in total. The molecule has 0 radical (unpaired) electrons. The number of Topliss-reactive ketones (excluding diaryl/α,β-unsaturated/α-hetero) is 1. The number of rotatable bonds is 6. The quantitative estimate of drug-likeness (QED) is 0.586. The Balaban J connectivity index is 2.15. The summed E-state index contributed by atoms with van der Waals surface area (Å²) in [5, 5.41) is 3.51. The van der Waals surface area contributed by atoms with Gasteiger partial charge in [-0.15, -0.1) is 11.8 Å². The summed E-state index contributed by atoms with van der Waals surface area (Å²) < 4.78 is 39.4. The van der Waals surface area contributed by atoms with Gasteiger partial charge in [0, 0.05) is 11.4 Å². The third-order valence-electron chi connectivity index (χ3n) is 2.90. The van der Waals surface area contributed by atoms with Gasteiger partial charge in [0.1, 0.15) is 5.69 Å². The largest absolute Gasteiger partial charge is 0.435 e. The fourth-order valence-corrected chi connectivity index (χ4v) is 2.70. The van der Waals surface area contributed by atoms with Gasteiger partial charge in [0.15, 0.2) is 11.5 Å². The molecule has 0 saturated heterocycles. The molecular formula is C15H15F3N2OS. The second kappa shape index (κ2) is 7.00. The number of hydrogen-bond donors (Lipinski definition) is 0. The average molecular weight is 328 g/mol. The van der Waals surface area contributed by atoms with Gasteiger partial charge in [-0.1, -0.05) is 25.1 Å². The number of halogens is 3. The summed E-state index contributed by atoms with van der Waals surface area (Å²) in [6, 6.07) is 10.1. The van der Waals surface area contributed by atoms with Crippen LogP contribution in [0.5, 0.6) is 0 Å². The van der Waals surface area contributed by atoms with Gasteiger partial charge in [0.05, 0.1) is 5.75 Å². The summed E-state index contributed by atoms with van der Waals surface area (Å²) in [6.45, 7) is 2.11. The molecule has 7 heteroatoms. The molecule has 2 aromatic rings. The van der Waals surface area contributed by atoms with E-state index in [2.05, 4.69) is 5.10 Å². The maximum absolute atomic E-state index is 12.7. The molecule has 2 rings (SSSR count). The Morgan fingerprint density at radius 3 is 2.55 bits per heavy atom. The first-order valence-electron chi connectivity index (χ1n) is 6.78. The molecular weight excluding hydrogens is 313 g/mol. The van der Waals surface area contributed by atoms with Gasteiger partial charge in [-0.2, -0.15) is 18.3 Å². The van der Waals surface area contributed by atoms with Crippen LogP contribution in [0.4, 0.5) is 13.2 Å². The average Bonchev–Trinajstić information content (AvgIpc) is 2.90. The summed E-state index contributed by atoms with van der Waals surface area (Å²) in [5.74, 6) is -0.276. The number of alkyl halides is 3. The minimum absolute atomic E-state index is 0.0117. The first-order valence-corrected chi connectivity index (χ1v) is 7.76. The van der Waals surface area contributed by atoms with Crippen LogP contribution >= 0.6 is 11.8 Å². The minimum Gasteiger partial charge on any atom is -0.292 e. The lowest BCUT2D eigenvalue weighted by Gasteiger charge is -2.05. The van der Waals surface area contributed by atoms with Crippen LogP contribution in [-0.2, 0) is 12.7 Å². The third kappa shape index (κ3) is 4.13. The van der Waals surface area contributed by atoms with Gasteiger partial charge >= 0.3 is 6.18 Å². The van der Waals surface area contributed by atoms with Crippen molar-refractivity contribution in [3.63, 3.8) is 0 Å². The number of hydrogen-bond acceptors (Lipinski definition) is 3. The van der Waals surface area contributed by atoms with Crippen molar-refractivity contribution in [1.82, 2.24) is 9.78 Å². The smallest absolute Gasteiger partial charge is 0.292 e. The van der Waals surface area contributed by atoms with Crippen molar-refractivity contribution >= 4 is 17.5 Å². The number of ketones is 1. The van der Waals surface area contributed by atoms with Crippen LogP contribution in [0, 0.1) is 0 Å². The highest BCUT2D eigenvalue weighted by atomic mass is 32.2. The highest BCUT2D eigenvalue weighted by Gasteiger charge is 2.35. The van der Waals surface area contributed by atoms with Gasteiger partial charge in [0.25, 0.3) is 0 Å². The Morgan fingerprint density at radius 1 is 1.27 bits per heavy atom. The summed E-state index contributed by atoms with van der Waals surface area (Å²) in [6.07, 6.45) is -3.94. The number of thioether (sulfide) groups is 1. The van der Waals surface area contributed by atoms with E-state index in [9.17, 15) is 18.0 Å². The summed E-state index contributed by atoms with van der Waals surface area (Å²) in [5.41, 5.74) is -1.01. The summed E-state index contributed by atoms with van der Waals surface area (Å²) in [7, 11) is 0. The Bertz CT molecular complexity index is 638. The predicted molar refractivity (Wildman–Crippen MR) is 79.0 cm³/mol. The maximum atomic E-state index is 12.7. The molecule has 1 heterocycles. The van der Waals surface area contributed by atoms with Crippen LogP contribution in [0.15, 0.2) is 41.3 Å². The Hall–Kier alpha value is -1.76. The van der Waals surface area contributed by atoms with E-state index in [1.54, 1.807) is 0 Å². The molecule has 0 aliphatic heterocycles. The molecule has 1 aromatic heterocycles. The highest BCUT2D eigenvalue weighted by Crippen LogP contribution is 2.29. The Kier molecular flexibility index (Phi) is 5.28. The standard InChI is InChI=1S/C15H15F3N2OS/c1-2-8-20-12(9-14(19-20)15(16,17)18)13(21)10-22-11-6-4-3-5-7-11/h3-7,9H,2,8,10H2,1H3. The zero-order chi connectivity index (χ0) is 16.2. The molecule has 0 unspecified atom stereocenters. The fourth-order valence-electron chi connectivity index (χ4n) is 1.90. The molecule has 0 aliphatic rings. The molecule has 0 bridgehead atoms. The SMILES string of the molecule is CCCn1nc(C(F)(F)F)cc1C(=O)CSc1ccccc1. The van der Waals surface area contributed by atoms with E-state index in [0.29, 0.717) is 6.42 Å². The van der Waals surface area contributed by atoms with Crippen LogP contribution in [0.3, 0.4) is 0 Å². The van der Waals surface area contributed by atoms with E-state index >= 15 is 0 Å². The zero-order valence-electron chi connectivity index (χ0n) is 11.9. The van der Waals surface area contributed by atoms with Crippen LogP contribution in [-0.4, -0.2) is 21.3 Å². The maximum Gasteiger partial charge on any atom is 0.435 e. The van der Waals surface area contributed by atoms with Gasteiger partial charge in [-0.05, 0) is 24.6 Å².